The number of nitrogens with zero attached hydrogens (tertiary/aromatic N) is 2. The molecule has 0 fully saturated rings. The first kappa shape index (κ1) is 29.9. The van der Waals surface area contributed by atoms with Gasteiger partial charge in [0.25, 0.3) is 10.0 Å². The van der Waals surface area contributed by atoms with Crippen LogP contribution in [0.5, 0.6) is 0 Å². The molecule has 8 heteroatoms. The lowest BCUT2D eigenvalue weighted by atomic mass is 10.1. The molecule has 2 amide bonds. The monoisotopic (exact) mass is 549 g/mol. The number of amides is 2. The summed E-state index contributed by atoms with van der Waals surface area (Å²) in [6.45, 7) is 7.88. The molecule has 0 aliphatic carbocycles. The van der Waals surface area contributed by atoms with Crippen molar-refractivity contribution in [3.63, 3.8) is 0 Å². The Morgan fingerprint density at radius 1 is 0.897 bits per heavy atom. The van der Waals surface area contributed by atoms with Crippen LogP contribution in [0, 0.1) is 13.8 Å². The van der Waals surface area contributed by atoms with E-state index in [2.05, 4.69) is 5.32 Å². The third kappa shape index (κ3) is 8.17. The van der Waals surface area contributed by atoms with Gasteiger partial charge in [-0.2, -0.15) is 0 Å². The summed E-state index contributed by atoms with van der Waals surface area (Å²) in [7, 11) is -4.06. The third-order valence-electron chi connectivity index (χ3n) is 6.59. The van der Waals surface area contributed by atoms with E-state index < -0.39 is 28.5 Å². The van der Waals surface area contributed by atoms with Crippen LogP contribution in [0.25, 0.3) is 0 Å². The van der Waals surface area contributed by atoms with Crippen molar-refractivity contribution in [1.29, 1.82) is 0 Å². The van der Waals surface area contributed by atoms with Gasteiger partial charge in [-0.05, 0) is 74.6 Å². The fourth-order valence-corrected chi connectivity index (χ4v) is 5.87. The number of hydrogen-bond acceptors (Lipinski definition) is 4. The number of rotatable bonds is 13. The zero-order chi connectivity index (χ0) is 28.4. The molecule has 208 valence electrons. The Morgan fingerprint density at radius 2 is 1.49 bits per heavy atom. The normalized spacial score (nSPS) is 12.0. The molecule has 3 aromatic rings. The van der Waals surface area contributed by atoms with Crippen LogP contribution in [0.4, 0.5) is 5.69 Å². The van der Waals surface area contributed by atoms with E-state index in [1.807, 2.05) is 57.2 Å². The highest BCUT2D eigenvalue weighted by molar-refractivity contribution is 7.92. The molecule has 0 spiro atoms. The zero-order valence-electron chi connectivity index (χ0n) is 23.3. The summed E-state index contributed by atoms with van der Waals surface area (Å²) in [5.74, 6) is -0.698. The molecule has 3 rings (SSSR count). The lowest BCUT2D eigenvalue weighted by Gasteiger charge is -2.32. The Hall–Kier alpha value is -3.65. The van der Waals surface area contributed by atoms with Gasteiger partial charge in [0.15, 0.2) is 0 Å². The van der Waals surface area contributed by atoms with Crippen molar-refractivity contribution in [1.82, 2.24) is 10.2 Å². The maximum absolute atomic E-state index is 13.9. The van der Waals surface area contributed by atoms with E-state index in [9.17, 15) is 18.0 Å². The minimum Gasteiger partial charge on any atom is -0.354 e. The molecular weight excluding hydrogens is 510 g/mol. The van der Waals surface area contributed by atoms with Crippen molar-refractivity contribution in [2.24, 2.45) is 0 Å². The smallest absolute Gasteiger partial charge is 0.264 e. The number of nitrogens with one attached hydrogen (secondary N) is 1. The molecule has 0 radical (unpaired) electrons. The Morgan fingerprint density at radius 3 is 2.08 bits per heavy atom. The first-order valence-electron chi connectivity index (χ1n) is 13.4. The topological polar surface area (TPSA) is 86.8 Å². The van der Waals surface area contributed by atoms with Crippen LogP contribution < -0.4 is 9.62 Å². The summed E-state index contributed by atoms with van der Waals surface area (Å²) in [6, 6.07) is 22.5. The molecule has 0 saturated carbocycles. The molecule has 0 aromatic heterocycles. The van der Waals surface area contributed by atoms with Crippen LogP contribution in [-0.2, 0) is 26.0 Å². The van der Waals surface area contributed by atoms with E-state index in [1.54, 1.807) is 37.3 Å². The molecule has 3 aromatic carbocycles. The molecule has 0 aliphatic heterocycles. The summed E-state index contributed by atoms with van der Waals surface area (Å²) in [5.41, 5.74) is 3.20. The average Bonchev–Trinajstić information content (AvgIpc) is 2.92. The van der Waals surface area contributed by atoms with Gasteiger partial charge in [0, 0.05) is 13.1 Å². The first-order valence-corrected chi connectivity index (χ1v) is 14.8. The van der Waals surface area contributed by atoms with Gasteiger partial charge in [-0.15, -0.1) is 0 Å². The van der Waals surface area contributed by atoms with E-state index in [0.29, 0.717) is 18.7 Å². The van der Waals surface area contributed by atoms with Crippen LogP contribution in [0.3, 0.4) is 0 Å². The van der Waals surface area contributed by atoms with Crippen LogP contribution in [0.2, 0.25) is 0 Å². The van der Waals surface area contributed by atoms with Gasteiger partial charge in [-0.3, -0.25) is 13.9 Å². The molecule has 0 bridgehead atoms. The van der Waals surface area contributed by atoms with Crippen molar-refractivity contribution in [2.75, 3.05) is 23.9 Å². The number of anilines is 1. The second-order valence-electron chi connectivity index (χ2n) is 9.81. The first-order chi connectivity index (χ1) is 18.6. The van der Waals surface area contributed by atoms with Gasteiger partial charge in [0.2, 0.25) is 11.8 Å². The number of carbonyl (C=O) groups is 2. The molecule has 7 nitrogen and oxygen atoms in total. The fourth-order valence-electron chi connectivity index (χ4n) is 4.45. The highest BCUT2D eigenvalue weighted by atomic mass is 32.2. The summed E-state index contributed by atoms with van der Waals surface area (Å²) in [6.07, 6.45) is 2.31. The van der Waals surface area contributed by atoms with E-state index in [-0.39, 0.29) is 17.3 Å². The lowest BCUT2D eigenvalue weighted by molar-refractivity contribution is -0.138. The van der Waals surface area contributed by atoms with Crippen LogP contribution in [0.15, 0.2) is 83.8 Å². The van der Waals surface area contributed by atoms with Gasteiger partial charge in [0.1, 0.15) is 12.6 Å². The standard InChI is InChI=1S/C31H39N3O4S/c1-5-6-18-32-31(36)26(4)33(19-17-27-13-9-7-10-14-27)30(35)23-34(28-21-24(2)20-25(3)22-28)39(37,38)29-15-11-8-12-16-29/h7-16,20-22,26H,5-6,17-19,23H2,1-4H3,(H,32,36)/t26-/m0/s1. The quantitative estimate of drug-likeness (QED) is 0.308. The van der Waals surface area contributed by atoms with Crippen molar-refractivity contribution in [2.45, 2.75) is 57.9 Å². The molecular formula is C31H39N3O4S. The molecule has 39 heavy (non-hydrogen) atoms. The average molecular weight is 550 g/mol. The predicted octanol–water partition coefficient (Wildman–Crippen LogP) is 4.87. The van der Waals surface area contributed by atoms with E-state index in [4.69, 9.17) is 0 Å². The predicted molar refractivity (Wildman–Crippen MR) is 156 cm³/mol. The largest absolute Gasteiger partial charge is 0.354 e. The Bertz CT molecular complexity index is 1320. The van der Waals surface area contributed by atoms with Crippen molar-refractivity contribution in [3.05, 3.63) is 95.6 Å². The summed E-state index contributed by atoms with van der Waals surface area (Å²) in [4.78, 5) is 28.5. The minimum atomic E-state index is -4.06. The number of hydrogen-bond donors (Lipinski definition) is 1. The number of carbonyl (C=O) groups excluding carboxylic acids is 2. The lowest BCUT2D eigenvalue weighted by Crippen LogP contribution is -2.52. The molecule has 0 aliphatic rings. The number of benzene rings is 3. The Kier molecular flexibility index (Phi) is 10.7. The van der Waals surface area contributed by atoms with Crippen molar-refractivity contribution < 1.29 is 18.0 Å². The highest BCUT2D eigenvalue weighted by Crippen LogP contribution is 2.26. The Balaban J connectivity index is 1.96. The van der Waals surface area contributed by atoms with Crippen LogP contribution >= 0.6 is 0 Å². The van der Waals surface area contributed by atoms with Crippen LogP contribution in [0.1, 0.15) is 43.4 Å². The Labute approximate surface area is 232 Å². The summed E-state index contributed by atoms with van der Waals surface area (Å²) in [5, 5.41) is 2.91. The highest BCUT2D eigenvalue weighted by Gasteiger charge is 2.32. The molecule has 0 saturated heterocycles. The molecule has 0 heterocycles. The van der Waals surface area contributed by atoms with E-state index >= 15 is 0 Å². The van der Waals surface area contributed by atoms with Crippen molar-refractivity contribution >= 4 is 27.5 Å². The number of sulfonamides is 1. The van der Waals surface area contributed by atoms with Gasteiger partial charge >= 0.3 is 0 Å². The molecule has 0 unspecified atom stereocenters. The van der Waals surface area contributed by atoms with Crippen molar-refractivity contribution in [3.8, 4) is 0 Å². The van der Waals surface area contributed by atoms with E-state index in [1.165, 1.54) is 17.0 Å². The number of unbranched alkanes of at least 4 members (excludes halogenated alkanes) is 1. The van der Waals surface area contributed by atoms with Gasteiger partial charge in [0.05, 0.1) is 10.6 Å². The van der Waals surface area contributed by atoms with Gasteiger partial charge < -0.3 is 10.2 Å². The SMILES string of the molecule is CCCCNC(=O)[C@H](C)N(CCc1ccccc1)C(=O)CN(c1cc(C)cc(C)c1)S(=O)(=O)c1ccccc1. The molecule has 1 N–H and O–H groups in total. The van der Waals surface area contributed by atoms with E-state index in [0.717, 1.165) is 33.8 Å². The second kappa shape index (κ2) is 13.9. The minimum absolute atomic E-state index is 0.0955. The zero-order valence-corrected chi connectivity index (χ0v) is 24.1. The summed E-state index contributed by atoms with van der Waals surface area (Å²) < 4.78 is 28.8. The van der Waals surface area contributed by atoms with Gasteiger partial charge in [-0.25, -0.2) is 8.42 Å². The van der Waals surface area contributed by atoms with Gasteiger partial charge in [-0.1, -0.05) is 67.9 Å². The maximum atomic E-state index is 13.9. The summed E-state index contributed by atoms with van der Waals surface area (Å²) >= 11 is 0. The maximum Gasteiger partial charge on any atom is 0.264 e. The van der Waals surface area contributed by atoms with Crippen LogP contribution in [-0.4, -0.2) is 50.8 Å². The third-order valence-corrected chi connectivity index (χ3v) is 8.37. The second-order valence-corrected chi connectivity index (χ2v) is 11.7. The fraction of sp³-hybridized carbons (Fsp3) is 0.355. The number of aryl methyl sites for hydroxylation is 2. The molecule has 1 atom stereocenters.